The van der Waals surface area contributed by atoms with Gasteiger partial charge in [0.15, 0.2) is 0 Å². The molecule has 3 fully saturated rings. The van der Waals surface area contributed by atoms with E-state index in [1.807, 2.05) is 18.2 Å². The highest BCUT2D eigenvalue weighted by Crippen LogP contribution is 2.43. The number of carbonyl (C=O) groups is 1. The lowest BCUT2D eigenvalue weighted by Crippen LogP contribution is -2.50. The Balaban J connectivity index is 1.45. The lowest BCUT2D eigenvalue weighted by molar-refractivity contribution is -0.139. The number of amides is 1. The van der Waals surface area contributed by atoms with Crippen molar-refractivity contribution >= 4 is 17.5 Å². The molecule has 3 atom stereocenters. The van der Waals surface area contributed by atoms with E-state index in [1.165, 1.54) is 19.3 Å². The average molecular weight is 361 g/mol. The van der Waals surface area contributed by atoms with Crippen molar-refractivity contribution < 1.29 is 4.79 Å². The molecule has 136 valence electrons. The molecule has 4 heteroatoms. The van der Waals surface area contributed by atoms with Crippen molar-refractivity contribution in [2.75, 3.05) is 6.54 Å². The van der Waals surface area contributed by atoms with Crippen LogP contribution in [0.4, 0.5) is 0 Å². The van der Waals surface area contributed by atoms with Gasteiger partial charge in [0.1, 0.15) is 0 Å². The summed E-state index contributed by atoms with van der Waals surface area (Å²) in [6, 6.07) is 8.67. The number of fused-ring (bicyclic) bond motifs is 2. The summed E-state index contributed by atoms with van der Waals surface area (Å²) in [6.45, 7) is 0.909. The molecule has 0 spiro atoms. The van der Waals surface area contributed by atoms with Gasteiger partial charge in [-0.1, -0.05) is 36.2 Å². The van der Waals surface area contributed by atoms with Gasteiger partial charge >= 0.3 is 0 Å². The first-order chi connectivity index (χ1) is 12.1. The molecule has 1 saturated heterocycles. The summed E-state index contributed by atoms with van der Waals surface area (Å²) in [7, 11) is 0. The van der Waals surface area contributed by atoms with Crippen molar-refractivity contribution in [2.45, 2.75) is 63.5 Å². The SMILES string of the molecule is NC1C2CCCC1CC(C(=O)N1CCCC1Cc1ccccc1Cl)C2. The molecule has 25 heavy (non-hydrogen) atoms. The number of hydrogen-bond donors (Lipinski definition) is 1. The predicted molar refractivity (Wildman–Crippen MR) is 101 cm³/mol. The van der Waals surface area contributed by atoms with Gasteiger partial charge in [-0.25, -0.2) is 0 Å². The van der Waals surface area contributed by atoms with Crippen LogP contribution < -0.4 is 5.73 Å². The summed E-state index contributed by atoms with van der Waals surface area (Å²) >= 11 is 6.34. The summed E-state index contributed by atoms with van der Waals surface area (Å²) in [5.74, 6) is 1.71. The second kappa shape index (κ2) is 7.28. The van der Waals surface area contributed by atoms with Crippen LogP contribution in [0.15, 0.2) is 24.3 Å². The Hall–Kier alpha value is -1.06. The molecular formula is C21H29ClN2O. The van der Waals surface area contributed by atoms with E-state index in [2.05, 4.69) is 11.0 Å². The molecule has 1 aromatic rings. The number of hydrogen-bond acceptors (Lipinski definition) is 2. The number of nitrogens with zero attached hydrogens (tertiary/aromatic N) is 1. The van der Waals surface area contributed by atoms with Crippen LogP contribution in [0, 0.1) is 17.8 Å². The van der Waals surface area contributed by atoms with Crippen molar-refractivity contribution in [1.82, 2.24) is 4.90 Å². The summed E-state index contributed by atoms with van der Waals surface area (Å²) in [5, 5.41) is 0.819. The van der Waals surface area contributed by atoms with E-state index in [4.69, 9.17) is 17.3 Å². The monoisotopic (exact) mass is 360 g/mol. The Kier molecular flexibility index (Phi) is 5.06. The molecule has 1 amide bonds. The van der Waals surface area contributed by atoms with Gasteiger partial charge in [0.2, 0.25) is 5.91 Å². The standard InChI is InChI=1S/C21H29ClN2O/c22-19-9-2-1-5-14(19)13-18-8-4-10-24(18)21(25)17-11-15-6-3-7-16(12-17)20(15)23/h1-2,5,9,15-18,20H,3-4,6-8,10-13,23H2. The van der Waals surface area contributed by atoms with Gasteiger partial charge < -0.3 is 10.6 Å². The van der Waals surface area contributed by atoms with E-state index in [1.54, 1.807) is 0 Å². The molecule has 1 heterocycles. The predicted octanol–water partition coefficient (Wildman–Crippen LogP) is 4.03. The second-order valence-electron chi connectivity index (χ2n) is 8.32. The molecule has 1 aromatic carbocycles. The van der Waals surface area contributed by atoms with Crippen molar-refractivity contribution in [3.63, 3.8) is 0 Å². The fourth-order valence-corrected chi connectivity index (χ4v) is 5.69. The summed E-state index contributed by atoms with van der Waals surface area (Å²) < 4.78 is 0. The van der Waals surface area contributed by atoms with Crippen LogP contribution in [0.2, 0.25) is 5.02 Å². The molecule has 0 radical (unpaired) electrons. The molecular weight excluding hydrogens is 332 g/mol. The molecule has 1 aliphatic heterocycles. The molecule has 2 N–H and O–H groups in total. The number of halogens is 1. The summed E-state index contributed by atoms with van der Waals surface area (Å²) in [4.78, 5) is 15.4. The van der Waals surface area contributed by atoms with E-state index < -0.39 is 0 Å². The Bertz CT molecular complexity index is 620. The van der Waals surface area contributed by atoms with Gasteiger partial charge in [-0.3, -0.25) is 4.79 Å². The number of rotatable bonds is 3. The number of carbonyl (C=O) groups excluding carboxylic acids is 1. The van der Waals surface area contributed by atoms with Crippen LogP contribution in [-0.4, -0.2) is 29.4 Å². The zero-order valence-electron chi connectivity index (χ0n) is 14.9. The largest absolute Gasteiger partial charge is 0.339 e. The minimum atomic E-state index is 0.196. The molecule has 4 rings (SSSR count). The minimum absolute atomic E-state index is 0.196. The normalized spacial score (nSPS) is 35.0. The van der Waals surface area contributed by atoms with Gasteiger partial charge in [0, 0.05) is 29.6 Å². The van der Waals surface area contributed by atoms with Gasteiger partial charge in [-0.2, -0.15) is 0 Å². The van der Waals surface area contributed by atoms with Crippen LogP contribution in [0.3, 0.4) is 0 Å². The fourth-order valence-electron chi connectivity index (χ4n) is 5.48. The Morgan fingerprint density at radius 2 is 1.84 bits per heavy atom. The van der Waals surface area contributed by atoms with Crippen LogP contribution >= 0.6 is 11.6 Å². The zero-order valence-corrected chi connectivity index (χ0v) is 15.6. The highest BCUT2D eigenvalue weighted by Gasteiger charge is 2.43. The molecule has 3 nitrogen and oxygen atoms in total. The first-order valence-corrected chi connectivity index (χ1v) is 10.3. The van der Waals surface area contributed by atoms with Gasteiger partial charge in [0.25, 0.3) is 0 Å². The van der Waals surface area contributed by atoms with E-state index in [-0.39, 0.29) is 5.92 Å². The van der Waals surface area contributed by atoms with E-state index in [0.29, 0.717) is 29.8 Å². The topological polar surface area (TPSA) is 46.3 Å². The van der Waals surface area contributed by atoms with Gasteiger partial charge in [-0.15, -0.1) is 0 Å². The third-order valence-corrected chi connectivity index (χ3v) is 7.20. The lowest BCUT2D eigenvalue weighted by atomic mass is 9.65. The highest BCUT2D eigenvalue weighted by atomic mass is 35.5. The molecule has 2 bridgehead atoms. The van der Waals surface area contributed by atoms with Gasteiger partial charge in [0.05, 0.1) is 0 Å². The van der Waals surface area contributed by atoms with E-state index in [0.717, 1.165) is 49.2 Å². The smallest absolute Gasteiger partial charge is 0.225 e. The maximum atomic E-state index is 13.3. The van der Waals surface area contributed by atoms with Crippen molar-refractivity contribution in [3.8, 4) is 0 Å². The zero-order chi connectivity index (χ0) is 17.4. The molecule has 2 aliphatic carbocycles. The highest BCUT2D eigenvalue weighted by molar-refractivity contribution is 6.31. The number of benzene rings is 1. The average Bonchev–Trinajstić information content (AvgIpc) is 3.04. The second-order valence-corrected chi connectivity index (χ2v) is 8.73. The Morgan fingerprint density at radius 3 is 2.56 bits per heavy atom. The molecule has 3 unspecified atom stereocenters. The first-order valence-electron chi connectivity index (χ1n) is 9.93. The maximum Gasteiger partial charge on any atom is 0.225 e. The summed E-state index contributed by atoms with van der Waals surface area (Å²) in [6.07, 6.45) is 8.82. The van der Waals surface area contributed by atoms with E-state index in [9.17, 15) is 4.79 Å². The first kappa shape index (κ1) is 17.4. The number of likely N-dealkylation sites (tertiary alicyclic amines) is 1. The molecule has 0 aromatic heterocycles. The Labute approximate surface area is 155 Å². The lowest BCUT2D eigenvalue weighted by Gasteiger charge is -2.44. The van der Waals surface area contributed by atoms with Crippen molar-refractivity contribution in [3.05, 3.63) is 34.9 Å². The Morgan fingerprint density at radius 1 is 1.12 bits per heavy atom. The maximum absolute atomic E-state index is 13.3. The molecule has 3 aliphatic rings. The van der Waals surface area contributed by atoms with Gasteiger partial charge in [-0.05, 0) is 68.4 Å². The van der Waals surface area contributed by atoms with Crippen LogP contribution in [-0.2, 0) is 11.2 Å². The van der Waals surface area contributed by atoms with E-state index >= 15 is 0 Å². The third kappa shape index (κ3) is 3.46. The fraction of sp³-hybridized carbons (Fsp3) is 0.667. The van der Waals surface area contributed by atoms with Crippen LogP contribution in [0.5, 0.6) is 0 Å². The minimum Gasteiger partial charge on any atom is -0.339 e. The van der Waals surface area contributed by atoms with Crippen LogP contribution in [0.1, 0.15) is 50.5 Å². The summed E-state index contributed by atoms with van der Waals surface area (Å²) in [5.41, 5.74) is 7.57. The van der Waals surface area contributed by atoms with Crippen molar-refractivity contribution in [1.29, 1.82) is 0 Å². The van der Waals surface area contributed by atoms with Crippen molar-refractivity contribution in [2.24, 2.45) is 23.5 Å². The quantitative estimate of drug-likeness (QED) is 0.884. The van der Waals surface area contributed by atoms with Crippen LogP contribution in [0.25, 0.3) is 0 Å². The molecule has 2 saturated carbocycles. The number of nitrogens with two attached hydrogens (primary N) is 1. The third-order valence-electron chi connectivity index (χ3n) is 6.84.